The molecule has 1 N–H and O–H groups in total. The predicted molar refractivity (Wildman–Crippen MR) is 73.9 cm³/mol. The zero-order valence-electron chi connectivity index (χ0n) is 12.3. The highest BCUT2D eigenvalue weighted by atomic mass is 16.5. The van der Waals surface area contributed by atoms with Crippen molar-refractivity contribution in [3.8, 4) is 11.9 Å². The summed E-state index contributed by atoms with van der Waals surface area (Å²) in [6.45, 7) is 9.02. The Labute approximate surface area is 114 Å². The molecule has 0 saturated carbocycles. The van der Waals surface area contributed by atoms with Crippen LogP contribution in [-0.4, -0.2) is 42.4 Å². The van der Waals surface area contributed by atoms with Crippen molar-refractivity contribution in [1.29, 1.82) is 0 Å². The van der Waals surface area contributed by atoms with Crippen molar-refractivity contribution in [2.45, 2.75) is 39.9 Å². The summed E-state index contributed by atoms with van der Waals surface area (Å²) >= 11 is 0. The molecule has 108 valence electrons. The fourth-order valence-corrected chi connectivity index (χ4v) is 1.34. The molecule has 0 unspecified atom stereocenters. The third kappa shape index (κ3) is 6.24. The normalized spacial score (nSPS) is 10.9. The van der Waals surface area contributed by atoms with Crippen molar-refractivity contribution >= 4 is 5.82 Å². The molecule has 1 aromatic heterocycles. The van der Waals surface area contributed by atoms with Crippen LogP contribution in [0.2, 0.25) is 0 Å². The highest BCUT2D eigenvalue weighted by molar-refractivity contribution is 5.39. The van der Waals surface area contributed by atoms with Crippen LogP contribution in [0.5, 0.6) is 11.9 Å². The van der Waals surface area contributed by atoms with Gasteiger partial charge in [-0.05, 0) is 27.7 Å². The van der Waals surface area contributed by atoms with E-state index in [1.807, 2.05) is 27.7 Å². The molecule has 0 saturated heterocycles. The van der Waals surface area contributed by atoms with E-state index in [0.29, 0.717) is 30.9 Å². The fourth-order valence-electron chi connectivity index (χ4n) is 1.34. The first-order valence-corrected chi connectivity index (χ1v) is 6.46. The van der Waals surface area contributed by atoms with Gasteiger partial charge in [-0.1, -0.05) is 0 Å². The van der Waals surface area contributed by atoms with Gasteiger partial charge in [-0.15, -0.1) is 0 Å². The standard InChI is InChI=1S/C13H23N3O3/c1-9(2)18-12-8-11(14-6-7-17-5)15-13(16-12)19-10(3)4/h8-10H,6-7H2,1-5H3,(H,14,15,16). The van der Waals surface area contributed by atoms with Crippen molar-refractivity contribution in [3.05, 3.63) is 6.07 Å². The van der Waals surface area contributed by atoms with Gasteiger partial charge in [0.1, 0.15) is 5.82 Å². The van der Waals surface area contributed by atoms with E-state index in [4.69, 9.17) is 14.2 Å². The minimum atomic E-state index is 0.0149. The molecule has 1 aromatic rings. The second-order valence-electron chi connectivity index (χ2n) is 4.63. The van der Waals surface area contributed by atoms with Crippen molar-refractivity contribution < 1.29 is 14.2 Å². The highest BCUT2D eigenvalue weighted by Crippen LogP contribution is 2.19. The first kappa shape index (κ1) is 15.5. The lowest BCUT2D eigenvalue weighted by Crippen LogP contribution is -2.14. The van der Waals surface area contributed by atoms with Gasteiger partial charge in [-0.2, -0.15) is 9.97 Å². The van der Waals surface area contributed by atoms with Gasteiger partial charge < -0.3 is 19.5 Å². The molecule has 0 aromatic carbocycles. The largest absolute Gasteiger partial charge is 0.475 e. The van der Waals surface area contributed by atoms with Gasteiger partial charge >= 0.3 is 6.01 Å². The van der Waals surface area contributed by atoms with E-state index in [2.05, 4.69) is 15.3 Å². The summed E-state index contributed by atoms with van der Waals surface area (Å²) in [4.78, 5) is 8.49. The van der Waals surface area contributed by atoms with Gasteiger partial charge in [0.25, 0.3) is 0 Å². The fraction of sp³-hybridized carbons (Fsp3) is 0.692. The Morgan fingerprint density at radius 3 is 2.37 bits per heavy atom. The lowest BCUT2D eigenvalue weighted by Gasteiger charge is -2.14. The molecule has 6 nitrogen and oxygen atoms in total. The Balaban J connectivity index is 2.82. The van der Waals surface area contributed by atoms with Crippen LogP contribution >= 0.6 is 0 Å². The summed E-state index contributed by atoms with van der Waals surface area (Å²) in [5.74, 6) is 1.17. The number of ether oxygens (including phenoxy) is 3. The van der Waals surface area contributed by atoms with Gasteiger partial charge in [0.05, 0.1) is 18.8 Å². The van der Waals surface area contributed by atoms with E-state index >= 15 is 0 Å². The molecule has 1 rings (SSSR count). The maximum atomic E-state index is 5.58. The molecule has 0 radical (unpaired) electrons. The quantitative estimate of drug-likeness (QED) is 0.729. The number of aromatic nitrogens is 2. The maximum absolute atomic E-state index is 5.58. The van der Waals surface area contributed by atoms with E-state index in [-0.39, 0.29) is 12.2 Å². The third-order valence-corrected chi connectivity index (χ3v) is 1.99. The average Bonchev–Trinajstić information content (AvgIpc) is 2.27. The Bertz CT molecular complexity index is 355. The van der Waals surface area contributed by atoms with E-state index in [1.165, 1.54) is 0 Å². The molecule has 0 bridgehead atoms. The van der Waals surface area contributed by atoms with Crippen LogP contribution in [0.15, 0.2) is 6.07 Å². The molecular formula is C13H23N3O3. The number of hydrogen-bond acceptors (Lipinski definition) is 6. The SMILES string of the molecule is COCCNc1cc(OC(C)C)nc(OC(C)C)n1. The molecular weight excluding hydrogens is 246 g/mol. The number of nitrogens with one attached hydrogen (secondary N) is 1. The van der Waals surface area contributed by atoms with Crippen LogP contribution < -0.4 is 14.8 Å². The Morgan fingerprint density at radius 2 is 1.79 bits per heavy atom. The monoisotopic (exact) mass is 269 g/mol. The molecule has 0 amide bonds. The van der Waals surface area contributed by atoms with Crippen LogP contribution in [0.25, 0.3) is 0 Å². The van der Waals surface area contributed by atoms with Crippen LogP contribution in [-0.2, 0) is 4.74 Å². The predicted octanol–water partition coefficient (Wildman–Crippen LogP) is 2.11. The van der Waals surface area contributed by atoms with Crippen molar-refractivity contribution in [2.75, 3.05) is 25.6 Å². The molecule has 0 aliphatic carbocycles. The number of methoxy groups -OCH3 is 1. The van der Waals surface area contributed by atoms with Gasteiger partial charge in [0, 0.05) is 19.7 Å². The number of nitrogens with zero attached hydrogens (tertiary/aromatic N) is 2. The first-order chi connectivity index (χ1) is 9.01. The second-order valence-corrected chi connectivity index (χ2v) is 4.63. The molecule has 0 atom stereocenters. The van der Waals surface area contributed by atoms with Crippen LogP contribution in [0.3, 0.4) is 0 Å². The molecule has 0 aliphatic rings. The van der Waals surface area contributed by atoms with E-state index in [9.17, 15) is 0 Å². The number of anilines is 1. The van der Waals surface area contributed by atoms with Crippen LogP contribution in [0.1, 0.15) is 27.7 Å². The molecule has 0 fully saturated rings. The van der Waals surface area contributed by atoms with Gasteiger partial charge in [0.15, 0.2) is 0 Å². The van der Waals surface area contributed by atoms with Gasteiger partial charge in [-0.25, -0.2) is 0 Å². The van der Waals surface area contributed by atoms with Crippen molar-refractivity contribution in [3.63, 3.8) is 0 Å². The number of hydrogen-bond donors (Lipinski definition) is 1. The lowest BCUT2D eigenvalue weighted by molar-refractivity contribution is 0.203. The highest BCUT2D eigenvalue weighted by Gasteiger charge is 2.09. The summed E-state index contributed by atoms with van der Waals surface area (Å²) in [7, 11) is 1.66. The van der Waals surface area contributed by atoms with Crippen LogP contribution in [0.4, 0.5) is 5.82 Å². The summed E-state index contributed by atoms with van der Waals surface area (Å²) in [6, 6.07) is 2.07. The topological polar surface area (TPSA) is 65.5 Å². The van der Waals surface area contributed by atoms with E-state index in [0.717, 1.165) is 0 Å². The van der Waals surface area contributed by atoms with Gasteiger partial charge in [-0.3, -0.25) is 0 Å². The minimum absolute atomic E-state index is 0.0149. The van der Waals surface area contributed by atoms with E-state index < -0.39 is 0 Å². The van der Waals surface area contributed by atoms with Crippen molar-refractivity contribution in [2.24, 2.45) is 0 Å². The number of rotatable bonds is 8. The average molecular weight is 269 g/mol. The Kier molecular flexibility index (Phi) is 6.35. The zero-order chi connectivity index (χ0) is 14.3. The van der Waals surface area contributed by atoms with Gasteiger partial charge in [0.2, 0.25) is 5.88 Å². The molecule has 6 heteroatoms. The lowest BCUT2D eigenvalue weighted by atomic mass is 10.4. The molecule has 0 aliphatic heterocycles. The molecule has 19 heavy (non-hydrogen) atoms. The second kappa shape index (κ2) is 7.78. The maximum Gasteiger partial charge on any atom is 0.321 e. The zero-order valence-corrected chi connectivity index (χ0v) is 12.3. The summed E-state index contributed by atoms with van der Waals surface area (Å²) in [5, 5.41) is 3.14. The molecule has 1 heterocycles. The molecule has 0 spiro atoms. The van der Waals surface area contributed by atoms with Crippen LogP contribution in [0, 0.1) is 0 Å². The Morgan fingerprint density at radius 1 is 1.11 bits per heavy atom. The van der Waals surface area contributed by atoms with Crippen molar-refractivity contribution in [1.82, 2.24) is 9.97 Å². The minimum Gasteiger partial charge on any atom is -0.475 e. The smallest absolute Gasteiger partial charge is 0.321 e. The summed E-state index contributed by atoms with van der Waals surface area (Å²) in [5.41, 5.74) is 0. The van der Waals surface area contributed by atoms with E-state index in [1.54, 1.807) is 13.2 Å². The third-order valence-electron chi connectivity index (χ3n) is 1.99. The first-order valence-electron chi connectivity index (χ1n) is 6.46. The summed E-state index contributed by atoms with van der Waals surface area (Å²) < 4.78 is 16.1. The summed E-state index contributed by atoms with van der Waals surface area (Å²) in [6.07, 6.45) is 0.0646. The Hall–Kier alpha value is -1.56.